The van der Waals surface area contributed by atoms with Crippen LogP contribution in [0.15, 0.2) is 41.3 Å². The number of methoxy groups -OCH3 is 1. The number of aryl methyl sites for hydroxylation is 2. The molecule has 0 bridgehead atoms. The Morgan fingerprint density at radius 3 is 2.71 bits per heavy atom. The molecule has 1 aliphatic rings. The first-order chi connectivity index (χ1) is 10.1. The summed E-state index contributed by atoms with van der Waals surface area (Å²) < 4.78 is 5.31. The number of fused-ring (bicyclic) bond motifs is 1. The van der Waals surface area contributed by atoms with Gasteiger partial charge < -0.3 is 10.5 Å². The second kappa shape index (κ2) is 5.74. The van der Waals surface area contributed by atoms with Crippen molar-refractivity contribution in [3.63, 3.8) is 0 Å². The molecule has 2 nitrogen and oxygen atoms in total. The van der Waals surface area contributed by atoms with Gasteiger partial charge in [-0.15, -0.1) is 11.8 Å². The Bertz CT molecular complexity index is 668. The first-order valence-corrected chi connectivity index (χ1v) is 8.13. The molecule has 0 fully saturated rings. The van der Waals surface area contributed by atoms with Crippen molar-refractivity contribution in [2.75, 3.05) is 7.11 Å². The average molecular weight is 299 g/mol. The van der Waals surface area contributed by atoms with Crippen molar-refractivity contribution < 1.29 is 4.74 Å². The molecule has 3 rings (SSSR count). The summed E-state index contributed by atoms with van der Waals surface area (Å²) >= 11 is 1.90. The Morgan fingerprint density at radius 2 is 1.95 bits per heavy atom. The number of hydrogen-bond donors (Lipinski definition) is 1. The van der Waals surface area contributed by atoms with E-state index >= 15 is 0 Å². The maximum atomic E-state index is 6.47. The second-order valence-corrected chi connectivity index (χ2v) is 7.00. The standard InChI is InChI=1S/C18H21NOS/c1-11-4-5-12(2)16(8-11)21-17-9-13-6-7-14(20-3)10-15(13)18(17)19/h4-8,10,17-18H,9,19H2,1-3H3. The van der Waals surface area contributed by atoms with Gasteiger partial charge in [0.25, 0.3) is 0 Å². The van der Waals surface area contributed by atoms with Crippen LogP contribution >= 0.6 is 11.8 Å². The zero-order valence-electron chi connectivity index (χ0n) is 12.7. The van der Waals surface area contributed by atoms with Gasteiger partial charge in [-0.25, -0.2) is 0 Å². The van der Waals surface area contributed by atoms with E-state index in [1.807, 2.05) is 17.8 Å². The lowest BCUT2D eigenvalue weighted by atomic mass is 10.1. The monoisotopic (exact) mass is 299 g/mol. The van der Waals surface area contributed by atoms with Gasteiger partial charge in [-0.05, 0) is 55.2 Å². The third kappa shape index (κ3) is 2.81. The highest BCUT2D eigenvalue weighted by Crippen LogP contribution is 2.42. The molecule has 3 heteroatoms. The van der Waals surface area contributed by atoms with E-state index in [1.54, 1.807) is 7.11 Å². The van der Waals surface area contributed by atoms with E-state index < -0.39 is 0 Å². The predicted molar refractivity (Wildman–Crippen MR) is 89.2 cm³/mol. The summed E-state index contributed by atoms with van der Waals surface area (Å²) in [6.45, 7) is 4.30. The van der Waals surface area contributed by atoms with Gasteiger partial charge in [0.15, 0.2) is 0 Å². The number of ether oxygens (including phenoxy) is 1. The molecule has 0 heterocycles. The molecular formula is C18H21NOS. The Hall–Kier alpha value is -1.45. The topological polar surface area (TPSA) is 35.2 Å². The predicted octanol–water partition coefficient (Wildman–Crippen LogP) is 4.03. The van der Waals surface area contributed by atoms with Crippen molar-refractivity contribution in [3.05, 3.63) is 58.7 Å². The quantitative estimate of drug-likeness (QED) is 0.929. The minimum Gasteiger partial charge on any atom is -0.497 e. The lowest BCUT2D eigenvalue weighted by Crippen LogP contribution is -2.19. The molecule has 110 valence electrons. The minimum absolute atomic E-state index is 0.0695. The summed E-state index contributed by atoms with van der Waals surface area (Å²) in [7, 11) is 1.70. The fraction of sp³-hybridized carbons (Fsp3) is 0.333. The summed E-state index contributed by atoms with van der Waals surface area (Å²) in [6.07, 6.45) is 1.03. The van der Waals surface area contributed by atoms with Crippen LogP contribution in [-0.2, 0) is 6.42 Å². The maximum Gasteiger partial charge on any atom is 0.119 e. The van der Waals surface area contributed by atoms with Crippen LogP contribution in [0, 0.1) is 13.8 Å². The summed E-state index contributed by atoms with van der Waals surface area (Å²) in [5.74, 6) is 0.890. The third-order valence-electron chi connectivity index (χ3n) is 4.16. The first kappa shape index (κ1) is 14.5. The SMILES string of the molecule is COc1ccc2c(c1)C(N)C(Sc1cc(C)ccc1C)C2. The molecule has 0 saturated heterocycles. The molecule has 0 saturated carbocycles. The largest absolute Gasteiger partial charge is 0.497 e. The van der Waals surface area contributed by atoms with E-state index in [1.165, 1.54) is 27.1 Å². The number of rotatable bonds is 3. The number of hydrogen-bond acceptors (Lipinski definition) is 3. The highest BCUT2D eigenvalue weighted by atomic mass is 32.2. The summed E-state index contributed by atoms with van der Waals surface area (Å²) in [4.78, 5) is 1.34. The van der Waals surface area contributed by atoms with Gasteiger partial charge in [-0.1, -0.05) is 23.8 Å². The Labute approximate surface area is 130 Å². The van der Waals surface area contributed by atoms with Gasteiger partial charge >= 0.3 is 0 Å². The fourth-order valence-electron chi connectivity index (χ4n) is 2.85. The van der Waals surface area contributed by atoms with Gasteiger partial charge in [0.05, 0.1) is 7.11 Å². The highest BCUT2D eigenvalue weighted by Gasteiger charge is 2.31. The Kier molecular flexibility index (Phi) is 3.96. The van der Waals surface area contributed by atoms with E-state index in [9.17, 15) is 0 Å². The van der Waals surface area contributed by atoms with E-state index in [0.717, 1.165) is 12.2 Å². The molecule has 0 aliphatic heterocycles. The zero-order chi connectivity index (χ0) is 15.0. The van der Waals surface area contributed by atoms with E-state index in [2.05, 4.69) is 44.2 Å². The molecule has 0 amide bonds. The van der Waals surface area contributed by atoms with Crippen LogP contribution < -0.4 is 10.5 Å². The van der Waals surface area contributed by atoms with Crippen LogP contribution in [0.2, 0.25) is 0 Å². The fourth-order valence-corrected chi connectivity index (χ4v) is 4.24. The number of benzene rings is 2. The van der Waals surface area contributed by atoms with E-state index in [0.29, 0.717) is 5.25 Å². The molecule has 21 heavy (non-hydrogen) atoms. The molecule has 0 radical (unpaired) electrons. The molecule has 1 aliphatic carbocycles. The highest BCUT2D eigenvalue weighted by molar-refractivity contribution is 8.00. The number of thioether (sulfide) groups is 1. The molecule has 0 spiro atoms. The molecule has 2 aromatic rings. The van der Waals surface area contributed by atoms with Crippen molar-refractivity contribution in [2.45, 2.75) is 36.5 Å². The molecule has 2 atom stereocenters. The minimum atomic E-state index is 0.0695. The van der Waals surface area contributed by atoms with Crippen LogP contribution in [-0.4, -0.2) is 12.4 Å². The Balaban J connectivity index is 1.84. The molecular weight excluding hydrogens is 278 g/mol. The second-order valence-electron chi connectivity index (χ2n) is 5.72. The molecule has 2 unspecified atom stereocenters. The third-order valence-corrected chi connectivity index (χ3v) is 5.61. The molecule has 2 aromatic carbocycles. The van der Waals surface area contributed by atoms with E-state index in [4.69, 9.17) is 10.5 Å². The summed E-state index contributed by atoms with van der Waals surface area (Å²) in [5, 5.41) is 0.396. The zero-order valence-corrected chi connectivity index (χ0v) is 13.5. The smallest absolute Gasteiger partial charge is 0.119 e. The van der Waals surface area contributed by atoms with Crippen LogP contribution in [0.25, 0.3) is 0 Å². The molecule has 0 aromatic heterocycles. The van der Waals surface area contributed by atoms with Crippen LogP contribution in [0.4, 0.5) is 0 Å². The van der Waals surface area contributed by atoms with Gasteiger partial charge in [0.1, 0.15) is 5.75 Å². The maximum absolute atomic E-state index is 6.47. The average Bonchev–Trinajstić information content (AvgIpc) is 2.79. The van der Waals surface area contributed by atoms with Crippen molar-refractivity contribution in [3.8, 4) is 5.75 Å². The summed E-state index contributed by atoms with van der Waals surface area (Å²) in [5.41, 5.74) is 11.7. The lowest BCUT2D eigenvalue weighted by molar-refractivity contribution is 0.414. The first-order valence-electron chi connectivity index (χ1n) is 7.25. The van der Waals surface area contributed by atoms with Crippen molar-refractivity contribution in [2.24, 2.45) is 5.73 Å². The normalized spacial score (nSPS) is 20.4. The van der Waals surface area contributed by atoms with E-state index in [-0.39, 0.29) is 6.04 Å². The summed E-state index contributed by atoms with van der Waals surface area (Å²) in [6, 6.07) is 12.9. The van der Waals surface area contributed by atoms with Crippen molar-refractivity contribution >= 4 is 11.8 Å². The van der Waals surface area contributed by atoms with Crippen LogP contribution in [0.1, 0.15) is 28.3 Å². The van der Waals surface area contributed by atoms with Gasteiger partial charge in [-0.2, -0.15) is 0 Å². The van der Waals surface area contributed by atoms with Crippen LogP contribution in [0.3, 0.4) is 0 Å². The van der Waals surface area contributed by atoms with Gasteiger partial charge in [-0.3, -0.25) is 0 Å². The molecule has 2 N–H and O–H groups in total. The van der Waals surface area contributed by atoms with Crippen molar-refractivity contribution in [1.82, 2.24) is 0 Å². The lowest BCUT2D eigenvalue weighted by Gasteiger charge is -2.17. The van der Waals surface area contributed by atoms with Crippen LogP contribution in [0.5, 0.6) is 5.75 Å². The van der Waals surface area contributed by atoms with Crippen molar-refractivity contribution in [1.29, 1.82) is 0 Å². The number of nitrogens with two attached hydrogens (primary N) is 1. The van der Waals surface area contributed by atoms with Gasteiger partial charge in [0, 0.05) is 16.2 Å². The Morgan fingerprint density at radius 1 is 1.14 bits per heavy atom. The van der Waals surface area contributed by atoms with Gasteiger partial charge in [0.2, 0.25) is 0 Å².